The molecule has 244 valence electrons. The minimum atomic E-state index is -0.0357. The van der Waals surface area contributed by atoms with Crippen LogP contribution in [0.3, 0.4) is 0 Å². The minimum absolute atomic E-state index is 0.0357. The van der Waals surface area contributed by atoms with Crippen LogP contribution >= 0.6 is 0 Å². The number of nitrogens with one attached hydrogen (secondary N) is 1. The van der Waals surface area contributed by atoms with Gasteiger partial charge in [0.15, 0.2) is 11.5 Å². The van der Waals surface area contributed by atoms with Crippen molar-refractivity contribution in [2.24, 2.45) is 0 Å². The smallest absolute Gasteiger partial charge is 0.257 e. The van der Waals surface area contributed by atoms with Gasteiger partial charge in [-0.1, -0.05) is 5.16 Å². The van der Waals surface area contributed by atoms with Gasteiger partial charge in [0, 0.05) is 54.3 Å². The molecule has 0 bridgehead atoms. The molecule has 0 spiro atoms. The Balaban J connectivity index is 1.19. The average molecular weight is 639 g/mol. The summed E-state index contributed by atoms with van der Waals surface area (Å²) in [4.78, 5) is 31.6. The summed E-state index contributed by atoms with van der Waals surface area (Å²) in [6, 6.07) is 8.31. The Morgan fingerprint density at radius 3 is 2.43 bits per heavy atom. The predicted molar refractivity (Wildman–Crippen MR) is 175 cm³/mol. The number of piperidine rings is 1. The molecule has 6 heterocycles. The molecule has 0 unspecified atom stereocenters. The third-order valence-electron chi connectivity index (χ3n) is 9.67. The number of hydrogen-bond acceptors (Lipinski definition) is 10. The predicted octanol–water partition coefficient (Wildman–Crippen LogP) is 5.07. The number of aromatic nitrogens is 4. The third kappa shape index (κ3) is 5.06. The summed E-state index contributed by atoms with van der Waals surface area (Å²) in [7, 11) is 1.65. The highest BCUT2D eigenvalue weighted by Crippen LogP contribution is 2.47. The molecule has 0 atom stereocenters. The van der Waals surface area contributed by atoms with Crippen LogP contribution in [0.15, 0.2) is 28.8 Å². The molecule has 47 heavy (non-hydrogen) atoms. The van der Waals surface area contributed by atoms with E-state index in [-0.39, 0.29) is 5.91 Å². The zero-order valence-corrected chi connectivity index (χ0v) is 27.1. The normalized spacial score (nSPS) is 17.5. The van der Waals surface area contributed by atoms with Crippen molar-refractivity contribution in [1.82, 2.24) is 29.9 Å². The Morgan fingerprint density at radius 1 is 0.936 bits per heavy atom. The number of ether oxygens (including phenoxy) is 4. The standard InChI is InChI=1S/C35H38N6O6/c1-19-29(20(2)47-39-19)26-17-27-25(18-28(26)43-4)30-31(36-21(3)37-34(30)38-27)23-5-6-24(33-32(23)45-15-16-46-33)35(42)41-9-7-22(8-10-41)40-11-13-44-14-12-40/h5-6,17-18,22H,7-16H2,1-4H3,(H,36,37,38). The van der Waals surface area contributed by atoms with Crippen molar-refractivity contribution < 1.29 is 28.3 Å². The molecule has 12 heteroatoms. The molecule has 0 radical (unpaired) electrons. The number of nitrogens with zero attached hydrogens (tertiary/aromatic N) is 5. The van der Waals surface area contributed by atoms with E-state index < -0.39 is 0 Å². The van der Waals surface area contributed by atoms with Crippen LogP contribution in [0.1, 0.15) is 40.5 Å². The minimum Gasteiger partial charge on any atom is -0.496 e. The first-order valence-corrected chi connectivity index (χ1v) is 16.3. The Hall–Kier alpha value is -4.68. The Morgan fingerprint density at radius 2 is 1.70 bits per heavy atom. The second-order valence-corrected chi connectivity index (χ2v) is 12.5. The number of fused-ring (bicyclic) bond motifs is 4. The summed E-state index contributed by atoms with van der Waals surface area (Å²) < 4.78 is 29.3. The lowest BCUT2D eigenvalue weighted by molar-refractivity contribution is 0.00152. The fourth-order valence-electron chi connectivity index (χ4n) is 7.40. The van der Waals surface area contributed by atoms with Crippen molar-refractivity contribution in [3.05, 3.63) is 47.1 Å². The summed E-state index contributed by atoms with van der Waals surface area (Å²) in [5.74, 6) is 2.96. The van der Waals surface area contributed by atoms with E-state index in [2.05, 4.69) is 15.0 Å². The zero-order valence-electron chi connectivity index (χ0n) is 27.1. The molecule has 0 saturated carbocycles. The van der Waals surface area contributed by atoms with E-state index in [1.165, 1.54) is 0 Å². The summed E-state index contributed by atoms with van der Waals surface area (Å²) in [6.45, 7) is 11.3. The number of carbonyl (C=O) groups is 1. The lowest BCUT2D eigenvalue weighted by Crippen LogP contribution is -2.50. The fraction of sp³-hybridized carbons (Fsp3) is 0.429. The van der Waals surface area contributed by atoms with Gasteiger partial charge in [-0.05, 0) is 57.9 Å². The van der Waals surface area contributed by atoms with Crippen molar-refractivity contribution in [2.45, 2.75) is 39.7 Å². The molecule has 3 aliphatic heterocycles. The topological polar surface area (TPSA) is 128 Å². The molecule has 2 saturated heterocycles. The fourth-order valence-corrected chi connectivity index (χ4v) is 7.40. The van der Waals surface area contributed by atoms with Gasteiger partial charge in [0.1, 0.15) is 36.2 Å². The molecule has 2 aromatic carbocycles. The molecule has 3 aliphatic rings. The maximum Gasteiger partial charge on any atom is 0.257 e. The van der Waals surface area contributed by atoms with Crippen molar-refractivity contribution in [3.8, 4) is 39.6 Å². The Labute approximate surface area is 271 Å². The highest BCUT2D eigenvalue weighted by molar-refractivity contribution is 6.14. The van der Waals surface area contributed by atoms with Crippen LogP contribution in [-0.2, 0) is 4.74 Å². The zero-order chi connectivity index (χ0) is 32.2. The Bertz CT molecular complexity index is 1980. The molecule has 12 nitrogen and oxygen atoms in total. The van der Waals surface area contributed by atoms with E-state index >= 15 is 0 Å². The van der Waals surface area contributed by atoms with Crippen LogP contribution in [0.25, 0.3) is 44.3 Å². The second-order valence-electron chi connectivity index (χ2n) is 12.5. The van der Waals surface area contributed by atoms with Gasteiger partial charge in [-0.15, -0.1) is 0 Å². The maximum atomic E-state index is 14.0. The van der Waals surface area contributed by atoms with Crippen molar-refractivity contribution in [3.63, 3.8) is 0 Å². The highest BCUT2D eigenvalue weighted by atomic mass is 16.6. The van der Waals surface area contributed by atoms with E-state index in [9.17, 15) is 4.79 Å². The van der Waals surface area contributed by atoms with Crippen LogP contribution in [0.5, 0.6) is 17.2 Å². The number of benzene rings is 2. The van der Waals surface area contributed by atoms with Gasteiger partial charge in [-0.3, -0.25) is 9.69 Å². The van der Waals surface area contributed by atoms with Crippen molar-refractivity contribution >= 4 is 27.8 Å². The lowest BCUT2D eigenvalue weighted by Gasteiger charge is -2.40. The second kappa shape index (κ2) is 11.8. The first-order valence-electron chi connectivity index (χ1n) is 16.3. The van der Waals surface area contributed by atoms with Crippen LogP contribution in [-0.4, -0.2) is 102 Å². The van der Waals surface area contributed by atoms with Crippen LogP contribution in [0.2, 0.25) is 0 Å². The molecule has 3 aromatic heterocycles. The first kappa shape index (κ1) is 29.7. The lowest BCUT2D eigenvalue weighted by atomic mass is 9.98. The van der Waals surface area contributed by atoms with Crippen LogP contribution < -0.4 is 14.2 Å². The number of aromatic amines is 1. The van der Waals surface area contributed by atoms with Gasteiger partial charge in [0.25, 0.3) is 5.91 Å². The average Bonchev–Trinajstić information content (AvgIpc) is 3.64. The number of H-pyrrole nitrogens is 1. The molecule has 8 rings (SSSR count). The number of carbonyl (C=O) groups excluding carboxylic acids is 1. The van der Waals surface area contributed by atoms with E-state index in [1.807, 2.05) is 49.9 Å². The van der Waals surface area contributed by atoms with Gasteiger partial charge < -0.3 is 33.4 Å². The number of amides is 1. The van der Waals surface area contributed by atoms with Gasteiger partial charge in [-0.25, -0.2) is 9.97 Å². The summed E-state index contributed by atoms with van der Waals surface area (Å²) in [6.07, 6.45) is 1.90. The van der Waals surface area contributed by atoms with Gasteiger partial charge >= 0.3 is 0 Å². The molecule has 2 fully saturated rings. The SMILES string of the molecule is COc1cc2c(cc1-c1c(C)noc1C)[nH]c1nc(C)nc(-c3ccc(C(=O)N4CCC(N5CCOCC5)CC4)c4c3OCCO4)c12. The number of hydrogen-bond donors (Lipinski definition) is 1. The summed E-state index contributed by atoms with van der Waals surface area (Å²) in [5.41, 5.74) is 6.07. The quantitative estimate of drug-likeness (QED) is 0.279. The van der Waals surface area contributed by atoms with E-state index in [1.54, 1.807) is 7.11 Å². The molecule has 5 aromatic rings. The molecule has 0 aliphatic carbocycles. The summed E-state index contributed by atoms with van der Waals surface area (Å²) in [5, 5.41) is 5.87. The molecular weight excluding hydrogens is 600 g/mol. The number of morpholine rings is 1. The molecule has 1 N–H and O–H groups in total. The number of likely N-dealkylation sites (tertiary alicyclic amines) is 1. The highest BCUT2D eigenvalue weighted by Gasteiger charge is 2.33. The van der Waals surface area contributed by atoms with E-state index in [0.717, 1.165) is 77.8 Å². The van der Waals surface area contributed by atoms with Crippen LogP contribution in [0, 0.1) is 20.8 Å². The monoisotopic (exact) mass is 638 g/mol. The van der Waals surface area contributed by atoms with Crippen LogP contribution in [0.4, 0.5) is 0 Å². The number of aryl methyl sites for hydroxylation is 3. The van der Waals surface area contributed by atoms with Crippen molar-refractivity contribution in [1.29, 1.82) is 0 Å². The van der Waals surface area contributed by atoms with Gasteiger partial charge in [0.2, 0.25) is 0 Å². The number of methoxy groups -OCH3 is 1. The van der Waals surface area contributed by atoms with E-state index in [0.29, 0.717) is 78.1 Å². The van der Waals surface area contributed by atoms with E-state index in [4.69, 9.17) is 33.4 Å². The largest absolute Gasteiger partial charge is 0.496 e. The summed E-state index contributed by atoms with van der Waals surface area (Å²) >= 11 is 0. The third-order valence-corrected chi connectivity index (χ3v) is 9.67. The van der Waals surface area contributed by atoms with Gasteiger partial charge in [0.05, 0.1) is 48.2 Å². The number of rotatable bonds is 5. The molecular formula is C35H38N6O6. The molecule has 1 amide bonds. The first-order chi connectivity index (χ1) is 22.9. The maximum absolute atomic E-state index is 14.0. The Kier molecular flexibility index (Phi) is 7.48. The van der Waals surface area contributed by atoms with Crippen molar-refractivity contribution in [2.75, 3.05) is 59.7 Å². The van der Waals surface area contributed by atoms with Gasteiger partial charge in [-0.2, -0.15) is 0 Å².